The number of carbonyl (C=O) groups excluding carboxylic acids is 1. The van der Waals surface area contributed by atoms with E-state index >= 15 is 0 Å². The lowest BCUT2D eigenvalue weighted by molar-refractivity contribution is -0.124. The van der Waals surface area contributed by atoms with Gasteiger partial charge in [0.15, 0.2) is 0 Å². The summed E-state index contributed by atoms with van der Waals surface area (Å²) in [5.74, 6) is 0.153. The van der Waals surface area contributed by atoms with Crippen LogP contribution in [-0.4, -0.2) is 18.5 Å². The highest BCUT2D eigenvalue weighted by Crippen LogP contribution is 2.24. The van der Waals surface area contributed by atoms with Crippen LogP contribution in [0.3, 0.4) is 0 Å². The molecule has 2 N–H and O–H groups in total. The number of halogens is 1. The summed E-state index contributed by atoms with van der Waals surface area (Å²) in [5.41, 5.74) is 4.22. The SMILES string of the molecule is CC(NC(=O)[C@H]1CCCCN1)c1ccc2c(c1)CCCC2.Cl. The molecule has 3 nitrogen and oxygen atoms in total. The zero-order chi connectivity index (χ0) is 14.7. The molecule has 22 heavy (non-hydrogen) atoms. The molecular weight excluding hydrogens is 296 g/mol. The Morgan fingerprint density at radius 2 is 1.95 bits per heavy atom. The second kappa shape index (κ2) is 7.98. The maximum absolute atomic E-state index is 12.3. The molecule has 2 atom stereocenters. The molecule has 1 aliphatic heterocycles. The molecule has 0 radical (unpaired) electrons. The van der Waals surface area contributed by atoms with Crippen molar-refractivity contribution in [2.45, 2.75) is 64.0 Å². The van der Waals surface area contributed by atoms with E-state index in [-0.39, 0.29) is 30.4 Å². The minimum absolute atomic E-state index is 0. The number of hydrogen-bond acceptors (Lipinski definition) is 2. The van der Waals surface area contributed by atoms with E-state index in [4.69, 9.17) is 0 Å². The summed E-state index contributed by atoms with van der Waals surface area (Å²) < 4.78 is 0. The highest BCUT2D eigenvalue weighted by molar-refractivity contribution is 5.85. The summed E-state index contributed by atoms with van der Waals surface area (Å²) in [7, 11) is 0. The first-order valence-corrected chi connectivity index (χ1v) is 8.39. The van der Waals surface area contributed by atoms with E-state index < -0.39 is 0 Å². The molecule has 0 bridgehead atoms. The van der Waals surface area contributed by atoms with Crippen LogP contribution in [0.25, 0.3) is 0 Å². The number of rotatable bonds is 3. The van der Waals surface area contributed by atoms with Gasteiger partial charge in [0.2, 0.25) is 5.91 Å². The van der Waals surface area contributed by atoms with Gasteiger partial charge in [-0.2, -0.15) is 0 Å². The minimum Gasteiger partial charge on any atom is -0.348 e. The maximum Gasteiger partial charge on any atom is 0.237 e. The zero-order valence-electron chi connectivity index (χ0n) is 13.4. The van der Waals surface area contributed by atoms with Gasteiger partial charge in [0.1, 0.15) is 0 Å². The van der Waals surface area contributed by atoms with Gasteiger partial charge in [-0.05, 0) is 68.7 Å². The van der Waals surface area contributed by atoms with E-state index in [1.54, 1.807) is 0 Å². The molecule has 2 aliphatic rings. The maximum atomic E-state index is 12.3. The number of hydrogen-bond donors (Lipinski definition) is 2. The molecule has 3 rings (SSSR count). The normalized spacial score (nSPS) is 22.1. The van der Waals surface area contributed by atoms with Crippen molar-refractivity contribution < 1.29 is 4.79 Å². The number of amides is 1. The van der Waals surface area contributed by atoms with Gasteiger partial charge >= 0.3 is 0 Å². The Bertz CT molecular complexity index is 512. The molecule has 1 heterocycles. The number of nitrogens with one attached hydrogen (secondary N) is 2. The van der Waals surface area contributed by atoms with Crippen molar-refractivity contribution in [3.8, 4) is 0 Å². The summed E-state index contributed by atoms with van der Waals surface area (Å²) in [6.45, 7) is 3.05. The fourth-order valence-electron chi connectivity index (χ4n) is 3.50. The molecular formula is C18H27ClN2O. The first-order chi connectivity index (χ1) is 10.2. The van der Waals surface area contributed by atoms with E-state index in [0.29, 0.717) is 0 Å². The second-order valence-electron chi connectivity index (χ2n) is 6.47. The molecule has 1 amide bonds. The van der Waals surface area contributed by atoms with Crippen molar-refractivity contribution in [3.63, 3.8) is 0 Å². The van der Waals surface area contributed by atoms with Crippen molar-refractivity contribution in [2.75, 3.05) is 6.54 Å². The smallest absolute Gasteiger partial charge is 0.237 e. The lowest BCUT2D eigenvalue weighted by Crippen LogP contribution is -2.47. The Balaban J connectivity index is 0.00000176. The molecule has 0 aromatic heterocycles. The molecule has 122 valence electrons. The first kappa shape index (κ1) is 17.3. The molecule has 1 aromatic carbocycles. The van der Waals surface area contributed by atoms with Gasteiger partial charge in [0, 0.05) is 0 Å². The Hall–Kier alpha value is -1.06. The average Bonchev–Trinajstić information content (AvgIpc) is 2.55. The van der Waals surface area contributed by atoms with Crippen LogP contribution in [0.4, 0.5) is 0 Å². The topological polar surface area (TPSA) is 41.1 Å². The van der Waals surface area contributed by atoms with Gasteiger partial charge in [-0.15, -0.1) is 12.4 Å². The van der Waals surface area contributed by atoms with Crippen molar-refractivity contribution in [3.05, 3.63) is 34.9 Å². The molecule has 1 aliphatic carbocycles. The van der Waals surface area contributed by atoms with E-state index in [9.17, 15) is 4.79 Å². The third-order valence-electron chi connectivity index (χ3n) is 4.86. The van der Waals surface area contributed by atoms with E-state index in [2.05, 4.69) is 35.8 Å². The van der Waals surface area contributed by atoms with Gasteiger partial charge < -0.3 is 10.6 Å². The van der Waals surface area contributed by atoms with Gasteiger partial charge in [-0.1, -0.05) is 24.6 Å². The van der Waals surface area contributed by atoms with Crippen LogP contribution in [0, 0.1) is 0 Å². The lowest BCUT2D eigenvalue weighted by Gasteiger charge is -2.25. The van der Waals surface area contributed by atoms with Crippen molar-refractivity contribution in [1.29, 1.82) is 0 Å². The van der Waals surface area contributed by atoms with Crippen LogP contribution in [0.1, 0.15) is 61.8 Å². The van der Waals surface area contributed by atoms with E-state index in [1.807, 2.05) is 0 Å². The molecule has 1 fully saturated rings. The minimum atomic E-state index is -0.00109. The number of piperidine rings is 1. The van der Waals surface area contributed by atoms with Crippen LogP contribution in [0.5, 0.6) is 0 Å². The third-order valence-corrected chi connectivity index (χ3v) is 4.86. The van der Waals surface area contributed by atoms with Gasteiger partial charge in [-0.25, -0.2) is 0 Å². The Morgan fingerprint density at radius 1 is 1.18 bits per heavy atom. The molecule has 1 saturated heterocycles. The Labute approximate surface area is 139 Å². The summed E-state index contributed by atoms with van der Waals surface area (Å²) in [5, 5.41) is 6.48. The molecule has 1 aromatic rings. The fourth-order valence-corrected chi connectivity index (χ4v) is 3.50. The number of carbonyl (C=O) groups is 1. The van der Waals surface area contributed by atoms with Crippen LogP contribution in [0.15, 0.2) is 18.2 Å². The van der Waals surface area contributed by atoms with Crippen LogP contribution in [0.2, 0.25) is 0 Å². The number of fused-ring (bicyclic) bond motifs is 1. The molecule has 1 unspecified atom stereocenters. The summed E-state index contributed by atoms with van der Waals surface area (Å²) >= 11 is 0. The molecule has 0 spiro atoms. The quantitative estimate of drug-likeness (QED) is 0.896. The predicted octanol–water partition coefficient (Wildman–Crippen LogP) is 3.31. The largest absolute Gasteiger partial charge is 0.348 e. The van der Waals surface area contributed by atoms with Crippen molar-refractivity contribution >= 4 is 18.3 Å². The van der Waals surface area contributed by atoms with E-state index in [0.717, 1.165) is 19.4 Å². The number of aryl methyl sites for hydroxylation is 2. The average molecular weight is 323 g/mol. The van der Waals surface area contributed by atoms with Crippen LogP contribution >= 0.6 is 12.4 Å². The van der Waals surface area contributed by atoms with Crippen molar-refractivity contribution in [1.82, 2.24) is 10.6 Å². The third kappa shape index (κ3) is 4.02. The lowest BCUT2D eigenvalue weighted by atomic mass is 9.89. The molecule has 0 saturated carbocycles. The van der Waals surface area contributed by atoms with Crippen LogP contribution < -0.4 is 10.6 Å². The number of benzene rings is 1. The standard InChI is InChI=1S/C18H26N2O.ClH/c1-13(20-18(21)17-8-4-5-11-19-17)15-10-9-14-6-2-3-7-16(14)12-15;/h9-10,12-13,17,19H,2-8,11H2,1H3,(H,20,21);1H/t13?,17-;/m1./s1. The van der Waals surface area contributed by atoms with Gasteiger partial charge in [0.25, 0.3) is 0 Å². The fraction of sp³-hybridized carbons (Fsp3) is 0.611. The monoisotopic (exact) mass is 322 g/mol. The van der Waals surface area contributed by atoms with Crippen LogP contribution in [-0.2, 0) is 17.6 Å². The highest BCUT2D eigenvalue weighted by atomic mass is 35.5. The van der Waals surface area contributed by atoms with Gasteiger partial charge in [-0.3, -0.25) is 4.79 Å². The summed E-state index contributed by atoms with van der Waals surface area (Å²) in [6, 6.07) is 6.83. The van der Waals surface area contributed by atoms with Crippen molar-refractivity contribution in [2.24, 2.45) is 0 Å². The highest BCUT2D eigenvalue weighted by Gasteiger charge is 2.22. The zero-order valence-corrected chi connectivity index (χ0v) is 14.2. The van der Waals surface area contributed by atoms with E-state index in [1.165, 1.54) is 48.8 Å². The summed E-state index contributed by atoms with van der Waals surface area (Å²) in [6.07, 6.45) is 8.30. The Kier molecular flexibility index (Phi) is 6.27. The first-order valence-electron chi connectivity index (χ1n) is 8.39. The Morgan fingerprint density at radius 3 is 2.68 bits per heavy atom. The second-order valence-corrected chi connectivity index (χ2v) is 6.47. The predicted molar refractivity (Wildman–Crippen MR) is 92.5 cm³/mol. The van der Waals surface area contributed by atoms with Gasteiger partial charge in [0.05, 0.1) is 12.1 Å². The summed E-state index contributed by atoms with van der Waals surface area (Å²) in [4.78, 5) is 12.3. The molecule has 4 heteroatoms.